The predicted octanol–water partition coefficient (Wildman–Crippen LogP) is 3.60. The molecule has 0 atom stereocenters. The highest BCUT2D eigenvalue weighted by molar-refractivity contribution is 7.17. The minimum Gasteiger partial charge on any atom is -0.476 e. The molecule has 0 unspecified atom stereocenters. The maximum absolute atomic E-state index is 12.6. The zero-order chi connectivity index (χ0) is 23.4. The van der Waals surface area contributed by atoms with E-state index in [2.05, 4.69) is 30.9 Å². The molecular formula is C21H22ClN7O3S. The molecule has 1 aliphatic rings. The first-order valence-corrected chi connectivity index (χ1v) is 11.4. The third kappa shape index (κ3) is 5.68. The fraction of sp³-hybridized carbons (Fsp3) is 0.286. The van der Waals surface area contributed by atoms with Crippen LogP contribution in [0.1, 0.15) is 21.1 Å². The Bertz CT molecular complexity index is 1170. The molecule has 12 heteroatoms. The molecule has 3 amide bonds. The Kier molecular flexibility index (Phi) is 6.90. The van der Waals surface area contributed by atoms with E-state index in [0.29, 0.717) is 64.5 Å². The van der Waals surface area contributed by atoms with E-state index in [4.69, 9.17) is 16.3 Å². The summed E-state index contributed by atoms with van der Waals surface area (Å²) in [7, 11) is 0. The van der Waals surface area contributed by atoms with Crippen LogP contribution >= 0.6 is 22.9 Å². The molecule has 3 N–H and O–H groups in total. The summed E-state index contributed by atoms with van der Waals surface area (Å²) in [5, 5.41) is 9.63. The molecule has 0 spiro atoms. The topological polar surface area (TPSA) is 121 Å². The molecule has 0 bridgehead atoms. The minimum atomic E-state index is -0.300. The molecular weight excluding hydrogens is 466 g/mol. The second-order valence-corrected chi connectivity index (χ2v) is 8.68. The normalized spacial score (nSPS) is 13.1. The van der Waals surface area contributed by atoms with Gasteiger partial charge in [0.05, 0.1) is 23.5 Å². The predicted molar refractivity (Wildman–Crippen MR) is 127 cm³/mol. The Morgan fingerprint density at radius 3 is 2.94 bits per heavy atom. The lowest BCUT2D eigenvalue weighted by Gasteiger charge is -2.14. The van der Waals surface area contributed by atoms with Gasteiger partial charge in [-0.2, -0.15) is 4.98 Å². The lowest BCUT2D eigenvalue weighted by molar-refractivity contribution is 0.103. The fourth-order valence-corrected chi connectivity index (χ4v) is 4.16. The van der Waals surface area contributed by atoms with E-state index in [1.807, 2.05) is 19.1 Å². The maximum atomic E-state index is 12.6. The first-order valence-electron chi connectivity index (χ1n) is 10.2. The quantitative estimate of drug-likeness (QED) is 0.443. The van der Waals surface area contributed by atoms with Crippen molar-refractivity contribution in [1.82, 2.24) is 25.2 Å². The van der Waals surface area contributed by atoms with Crippen LogP contribution in [0.15, 0.2) is 30.5 Å². The number of halogens is 1. The molecule has 2 aromatic heterocycles. The van der Waals surface area contributed by atoms with E-state index < -0.39 is 0 Å². The summed E-state index contributed by atoms with van der Waals surface area (Å²) in [5.74, 6) is 1.08. The van der Waals surface area contributed by atoms with Gasteiger partial charge >= 0.3 is 6.03 Å². The number of hydrogen-bond donors (Lipinski definition) is 3. The van der Waals surface area contributed by atoms with Crippen LogP contribution in [0.4, 0.5) is 21.4 Å². The van der Waals surface area contributed by atoms with E-state index in [1.54, 1.807) is 24.0 Å². The third-order valence-corrected chi connectivity index (χ3v) is 6.02. The number of amides is 3. The number of aryl methyl sites for hydroxylation is 2. The SMILES string of the molecule is Cc1nc(Nc2ncc(C(=O)Nc3c(C)cccc3Cl)s2)cc(OCCN2CCNC2=O)n1. The number of carbonyl (C=O) groups is 2. The number of aromatic nitrogens is 3. The lowest BCUT2D eigenvalue weighted by Crippen LogP contribution is -2.31. The number of urea groups is 1. The van der Waals surface area contributed by atoms with Gasteiger partial charge in [-0.3, -0.25) is 4.79 Å². The summed E-state index contributed by atoms with van der Waals surface area (Å²) in [6.07, 6.45) is 1.49. The number of benzene rings is 1. The van der Waals surface area contributed by atoms with Gasteiger partial charge in [-0.05, 0) is 25.5 Å². The molecule has 0 radical (unpaired) electrons. The fourth-order valence-electron chi connectivity index (χ4n) is 3.17. The number of nitrogens with zero attached hydrogens (tertiary/aromatic N) is 4. The molecule has 0 aliphatic carbocycles. The average molecular weight is 488 g/mol. The number of para-hydroxylation sites is 1. The van der Waals surface area contributed by atoms with Crippen molar-refractivity contribution in [2.24, 2.45) is 0 Å². The van der Waals surface area contributed by atoms with Crippen molar-refractivity contribution in [3.8, 4) is 5.88 Å². The zero-order valence-electron chi connectivity index (χ0n) is 18.0. The zero-order valence-corrected chi connectivity index (χ0v) is 19.6. The first-order chi connectivity index (χ1) is 15.9. The number of nitrogens with one attached hydrogen (secondary N) is 3. The molecule has 0 saturated carbocycles. The molecule has 10 nitrogen and oxygen atoms in total. The van der Waals surface area contributed by atoms with Crippen LogP contribution in [0.25, 0.3) is 0 Å². The molecule has 4 rings (SSSR count). The van der Waals surface area contributed by atoms with Crippen LogP contribution in [0, 0.1) is 13.8 Å². The highest BCUT2D eigenvalue weighted by Gasteiger charge is 2.19. The molecule has 3 heterocycles. The van der Waals surface area contributed by atoms with Crippen molar-refractivity contribution >= 4 is 51.5 Å². The van der Waals surface area contributed by atoms with E-state index in [0.717, 1.165) is 5.56 Å². The van der Waals surface area contributed by atoms with Crippen LogP contribution in [-0.2, 0) is 0 Å². The van der Waals surface area contributed by atoms with Gasteiger partial charge in [0.25, 0.3) is 5.91 Å². The number of anilines is 3. The highest BCUT2D eigenvalue weighted by Crippen LogP contribution is 2.28. The molecule has 1 fully saturated rings. The monoisotopic (exact) mass is 487 g/mol. The Morgan fingerprint density at radius 1 is 1.33 bits per heavy atom. The van der Waals surface area contributed by atoms with Crippen LogP contribution in [0.5, 0.6) is 5.88 Å². The van der Waals surface area contributed by atoms with Crippen LogP contribution in [0.2, 0.25) is 5.02 Å². The van der Waals surface area contributed by atoms with Gasteiger partial charge in [-0.15, -0.1) is 0 Å². The van der Waals surface area contributed by atoms with Crippen molar-refractivity contribution in [2.45, 2.75) is 13.8 Å². The Hall–Kier alpha value is -3.44. The largest absolute Gasteiger partial charge is 0.476 e. The number of hydrogen-bond acceptors (Lipinski definition) is 8. The summed E-state index contributed by atoms with van der Waals surface area (Å²) >= 11 is 7.38. The number of thiazole rings is 1. The van der Waals surface area contributed by atoms with Gasteiger partial charge in [-0.1, -0.05) is 35.1 Å². The highest BCUT2D eigenvalue weighted by atomic mass is 35.5. The standard InChI is InChI=1S/C21H22ClN7O3S/c1-12-4-3-5-14(22)18(12)28-19(30)15-11-24-20(33-15)27-16-10-17(26-13(2)25-16)32-9-8-29-7-6-23-21(29)31/h3-5,10-11H,6-9H2,1-2H3,(H,23,31)(H,28,30)(H,24,25,26,27). The maximum Gasteiger partial charge on any atom is 0.317 e. The van der Waals surface area contributed by atoms with Gasteiger partial charge in [0.15, 0.2) is 5.13 Å². The number of carbonyl (C=O) groups excluding carboxylic acids is 2. The van der Waals surface area contributed by atoms with Crippen LogP contribution < -0.4 is 20.7 Å². The summed E-state index contributed by atoms with van der Waals surface area (Å²) in [6, 6.07) is 6.98. The van der Waals surface area contributed by atoms with E-state index >= 15 is 0 Å². The second-order valence-electron chi connectivity index (χ2n) is 7.25. The van der Waals surface area contributed by atoms with E-state index in [-0.39, 0.29) is 11.9 Å². The molecule has 3 aromatic rings. The minimum absolute atomic E-state index is 0.0897. The van der Waals surface area contributed by atoms with E-state index in [1.165, 1.54) is 17.5 Å². The molecule has 1 aromatic carbocycles. The molecule has 33 heavy (non-hydrogen) atoms. The van der Waals surface area contributed by atoms with Gasteiger partial charge in [-0.25, -0.2) is 14.8 Å². The number of ether oxygens (including phenoxy) is 1. The number of rotatable bonds is 8. The second kappa shape index (κ2) is 10.0. The Morgan fingerprint density at radius 2 is 2.18 bits per heavy atom. The first kappa shape index (κ1) is 22.7. The lowest BCUT2D eigenvalue weighted by atomic mass is 10.2. The van der Waals surface area contributed by atoms with Crippen molar-refractivity contribution in [3.05, 3.63) is 51.7 Å². The van der Waals surface area contributed by atoms with Crippen molar-refractivity contribution in [3.63, 3.8) is 0 Å². The van der Waals surface area contributed by atoms with Crippen molar-refractivity contribution in [2.75, 3.05) is 36.9 Å². The smallest absolute Gasteiger partial charge is 0.317 e. The molecule has 1 aliphatic heterocycles. The summed E-state index contributed by atoms with van der Waals surface area (Å²) in [6.45, 7) is 5.70. The molecule has 1 saturated heterocycles. The van der Waals surface area contributed by atoms with Crippen LogP contribution in [-0.4, -0.2) is 58.0 Å². The van der Waals surface area contributed by atoms with Gasteiger partial charge in [0, 0.05) is 19.2 Å². The molecule has 172 valence electrons. The Labute approximate surface area is 199 Å². The van der Waals surface area contributed by atoms with Gasteiger partial charge in [0.2, 0.25) is 5.88 Å². The average Bonchev–Trinajstić information content (AvgIpc) is 3.39. The van der Waals surface area contributed by atoms with Crippen LogP contribution in [0.3, 0.4) is 0 Å². The summed E-state index contributed by atoms with van der Waals surface area (Å²) in [4.78, 5) is 39.2. The Balaban J connectivity index is 1.38. The van der Waals surface area contributed by atoms with Gasteiger partial charge < -0.3 is 25.6 Å². The van der Waals surface area contributed by atoms with Crippen molar-refractivity contribution < 1.29 is 14.3 Å². The summed E-state index contributed by atoms with van der Waals surface area (Å²) < 4.78 is 5.70. The van der Waals surface area contributed by atoms with Gasteiger partial charge in [0.1, 0.15) is 23.1 Å². The van der Waals surface area contributed by atoms with E-state index in [9.17, 15) is 9.59 Å². The third-order valence-electron chi connectivity index (χ3n) is 4.80. The summed E-state index contributed by atoms with van der Waals surface area (Å²) in [5.41, 5.74) is 1.44. The van der Waals surface area contributed by atoms with Crippen molar-refractivity contribution in [1.29, 1.82) is 0 Å².